The molecule has 24 heavy (non-hydrogen) atoms. The zero-order valence-electron chi connectivity index (χ0n) is 13.3. The average Bonchev–Trinajstić information content (AvgIpc) is 2.87. The Kier molecular flexibility index (Phi) is 3.84. The van der Waals surface area contributed by atoms with Gasteiger partial charge in [-0.25, -0.2) is 4.79 Å². The lowest BCUT2D eigenvalue weighted by Crippen LogP contribution is -2.11. The molecular formula is C17H17N3O4. The van der Waals surface area contributed by atoms with Crippen LogP contribution in [0.1, 0.15) is 30.2 Å². The lowest BCUT2D eigenvalue weighted by atomic mass is 10.1. The molecule has 0 atom stereocenters. The van der Waals surface area contributed by atoms with Gasteiger partial charge in [0.1, 0.15) is 5.75 Å². The summed E-state index contributed by atoms with van der Waals surface area (Å²) < 4.78 is 7.41. The van der Waals surface area contributed by atoms with Crippen molar-refractivity contribution in [1.82, 2.24) is 9.55 Å². The molecule has 7 nitrogen and oxygen atoms in total. The van der Waals surface area contributed by atoms with E-state index in [-0.39, 0.29) is 6.04 Å². The number of hydrogen-bond donors (Lipinski definition) is 2. The number of fused-ring (bicyclic) bond motifs is 3. The zero-order valence-corrected chi connectivity index (χ0v) is 13.3. The summed E-state index contributed by atoms with van der Waals surface area (Å²) in [5.41, 5.74) is 7.48. The molecule has 0 fully saturated rings. The molecule has 0 spiro atoms. The van der Waals surface area contributed by atoms with Crippen molar-refractivity contribution in [3.8, 4) is 5.75 Å². The van der Waals surface area contributed by atoms with Crippen molar-refractivity contribution in [3.05, 3.63) is 36.2 Å². The lowest BCUT2D eigenvalue weighted by Gasteiger charge is -2.11. The molecule has 124 valence electrons. The van der Waals surface area contributed by atoms with Crippen LogP contribution in [0, 0.1) is 0 Å². The van der Waals surface area contributed by atoms with Crippen LogP contribution in [-0.2, 0) is 4.79 Å². The third kappa shape index (κ3) is 2.44. The van der Waals surface area contributed by atoms with Gasteiger partial charge in [0.15, 0.2) is 6.61 Å². The minimum atomic E-state index is -1.09. The van der Waals surface area contributed by atoms with Crippen molar-refractivity contribution >= 4 is 33.7 Å². The molecule has 2 heterocycles. The predicted molar refractivity (Wildman–Crippen MR) is 89.3 cm³/mol. The van der Waals surface area contributed by atoms with Crippen LogP contribution in [0.4, 0.5) is 0 Å². The molecule has 1 amide bonds. The highest BCUT2D eigenvalue weighted by Crippen LogP contribution is 2.38. The number of amides is 1. The number of pyridine rings is 1. The first-order chi connectivity index (χ1) is 11.4. The maximum Gasteiger partial charge on any atom is 0.341 e. The van der Waals surface area contributed by atoms with Gasteiger partial charge in [-0.05, 0) is 26.0 Å². The SMILES string of the molecule is CC(C)n1c2cncc(OCC(=O)O)c2c2c(C(N)=O)cccc21. The average molecular weight is 327 g/mol. The number of carboxylic acid groups (broad SMARTS) is 1. The van der Waals surface area contributed by atoms with Gasteiger partial charge in [-0.1, -0.05) is 6.07 Å². The fourth-order valence-electron chi connectivity index (χ4n) is 3.01. The molecule has 1 aromatic carbocycles. The van der Waals surface area contributed by atoms with Gasteiger partial charge in [-0.15, -0.1) is 0 Å². The number of benzene rings is 1. The van der Waals surface area contributed by atoms with Crippen molar-refractivity contribution in [3.63, 3.8) is 0 Å². The van der Waals surface area contributed by atoms with Gasteiger partial charge >= 0.3 is 5.97 Å². The summed E-state index contributed by atoms with van der Waals surface area (Å²) in [4.78, 5) is 26.9. The third-order valence-electron chi connectivity index (χ3n) is 3.84. The van der Waals surface area contributed by atoms with E-state index in [9.17, 15) is 9.59 Å². The molecule has 0 unspecified atom stereocenters. The number of rotatable bonds is 5. The van der Waals surface area contributed by atoms with E-state index >= 15 is 0 Å². The number of nitrogens with two attached hydrogens (primary N) is 1. The Bertz CT molecular complexity index is 959. The summed E-state index contributed by atoms with van der Waals surface area (Å²) in [6.45, 7) is 3.54. The molecule has 3 aromatic rings. The highest BCUT2D eigenvalue weighted by molar-refractivity contribution is 6.19. The molecule has 3 rings (SSSR count). The van der Waals surface area contributed by atoms with Crippen molar-refractivity contribution in [1.29, 1.82) is 0 Å². The van der Waals surface area contributed by atoms with Gasteiger partial charge in [-0.2, -0.15) is 0 Å². The van der Waals surface area contributed by atoms with Crippen LogP contribution in [0.2, 0.25) is 0 Å². The van der Waals surface area contributed by atoms with Crippen LogP contribution < -0.4 is 10.5 Å². The number of hydrogen-bond acceptors (Lipinski definition) is 4. The molecule has 0 saturated heterocycles. The molecule has 0 aliphatic rings. The van der Waals surface area contributed by atoms with Gasteiger partial charge in [0.05, 0.1) is 28.8 Å². The molecule has 0 aliphatic carbocycles. The number of primary amides is 1. The Morgan fingerprint density at radius 2 is 2.00 bits per heavy atom. The van der Waals surface area contributed by atoms with Crippen LogP contribution in [0.3, 0.4) is 0 Å². The summed E-state index contributed by atoms with van der Waals surface area (Å²) in [5.74, 6) is -1.33. The van der Waals surface area contributed by atoms with E-state index in [0.717, 1.165) is 11.0 Å². The van der Waals surface area contributed by atoms with Gasteiger partial charge in [-0.3, -0.25) is 9.78 Å². The Hall–Kier alpha value is -3.09. The molecule has 0 radical (unpaired) electrons. The second-order valence-corrected chi connectivity index (χ2v) is 5.74. The van der Waals surface area contributed by atoms with Gasteiger partial charge in [0.2, 0.25) is 5.91 Å². The second kappa shape index (κ2) is 5.84. The summed E-state index contributed by atoms with van der Waals surface area (Å²) in [7, 11) is 0. The van der Waals surface area contributed by atoms with Gasteiger partial charge in [0.25, 0.3) is 0 Å². The second-order valence-electron chi connectivity index (χ2n) is 5.74. The number of nitrogens with zero attached hydrogens (tertiary/aromatic N) is 2. The summed E-state index contributed by atoms with van der Waals surface area (Å²) >= 11 is 0. The smallest absolute Gasteiger partial charge is 0.341 e. The van der Waals surface area contributed by atoms with Gasteiger partial charge < -0.3 is 20.1 Å². The molecule has 3 N–H and O–H groups in total. The highest BCUT2D eigenvalue weighted by atomic mass is 16.5. The fraction of sp³-hybridized carbons (Fsp3) is 0.235. The maximum atomic E-state index is 11.9. The normalized spacial score (nSPS) is 11.3. The summed E-state index contributed by atoms with van der Waals surface area (Å²) in [5, 5.41) is 10.2. The number of carbonyl (C=O) groups is 2. The van der Waals surface area contributed by atoms with Crippen molar-refractivity contribution in [2.24, 2.45) is 5.73 Å². The first-order valence-corrected chi connectivity index (χ1v) is 7.46. The largest absolute Gasteiger partial charge is 0.480 e. The van der Waals surface area contributed by atoms with E-state index in [2.05, 4.69) is 4.98 Å². The molecular weight excluding hydrogens is 310 g/mol. The predicted octanol–water partition coefficient (Wildman–Crippen LogP) is 2.33. The monoisotopic (exact) mass is 327 g/mol. The van der Waals surface area contributed by atoms with E-state index in [1.54, 1.807) is 18.3 Å². The Morgan fingerprint density at radius 3 is 2.62 bits per heavy atom. The lowest BCUT2D eigenvalue weighted by molar-refractivity contribution is -0.139. The van der Waals surface area contributed by atoms with E-state index in [1.165, 1.54) is 6.20 Å². The third-order valence-corrected chi connectivity index (χ3v) is 3.84. The molecule has 0 saturated carbocycles. The summed E-state index contributed by atoms with van der Waals surface area (Å²) in [6.07, 6.45) is 3.13. The molecule has 0 aliphatic heterocycles. The van der Waals surface area contributed by atoms with E-state index in [1.807, 2.05) is 24.5 Å². The Balaban J connectivity index is 2.44. The van der Waals surface area contributed by atoms with Crippen LogP contribution in [0.25, 0.3) is 21.8 Å². The first-order valence-electron chi connectivity index (χ1n) is 7.46. The summed E-state index contributed by atoms with van der Waals surface area (Å²) in [6, 6.07) is 5.41. The number of aromatic nitrogens is 2. The van der Waals surface area contributed by atoms with Gasteiger partial charge in [0, 0.05) is 17.0 Å². The van der Waals surface area contributed by atoms with E-state index < -0.39 is 18.5 Å². The quantitative estimate of drug-likeness (QED) is 0.748. The minimum Gasteiger partial charge on any atom is -0.480 e. The number of aliphatic carboxylic acids is 1. The van der Waals surface area contributed by atoms with E-state index in [0.29, 0.717) is 22.1 Å². The van der Waals surface area contributed by atoms with Crippen molar-refractivity contribution in [2.45, 2.75) is 19.9 Å². The van der Waals surface area contributed by atoms with Crippen molar-refractivity contribution in [2.75, 3.05) is 6.61 Å². The van der Waals surface area contributed by atoms with Crippen LogP contribution in [-0.4, -0.2) is 33.1 Å². The minimum absolute atomic E-state index is 0.102. The first kappa shape index (κ1) is 15.8. The Labute approximate surface area is 137 Å². The molecule has 2 aromatic heterocycles. The number of carboxylic acids is 1. The van der Waals surface area contributed by atoms with Crippen LogP contribution in [0.15, 0.2) is 30.6 Å². The standard InChI is InChI=1S/C17H17N3O4/c1-9(2)20-11-5-3-4-10(17(18)23)15(11)16-12(20)6-19-7-13(16)24-8-14(21)22/h3-7,9H,8H2,1-2H3,(H2,18,23)(H,21,22). The number of carbonyl (C=O) groups excluding carboxylic acids is 1. The fourth-order valence-corrected chi connectivity index (χ4v) is 3.01. The number of ether oxygens (including phenoxy) is 1. The zero-order chi connectivity index (χ0) is 17.4. The van der Waals surface area contributed by atoms with Crippen LogP contribution in [0.5, 0.6) is 5.75 Å². The highest BCUT2D eigenvalue weighted by Gasteiger charge is 2.21. The van der Waals surface area contributed by atoms with Crippen molar-refractivity contribution < 1.29 is 19.4 Å². The Morgan fingerprint density at radius 1 is 1.25 bits per heavy atom. The maximum absolute atomic E-state index is 11.9. The van der Waals surface area contributed by atoms with Crippen LogP contribution >= 0.6 is 0 Å². The molecule has 0 bridgehead atoms. The molecule has 7 heteroatoms. The van der Waals surface area contributed by atoms with E-state index in [4.69, 9.17) is 15.6 Å². The topological polar surface area (TPSA) is 107 Å².